The SMILES string of the molecule is [B]c1cccc(-c2cccc(-c3cccc(-c4ccccc4)c3)c2)c1. The van der Waals surface area contributed by atoms with Crippen LogP contribution in [-0.4, -0.2) is 7.85 Å². The first-order valence-electron chi connectivity index (χ1n) is 8.41. The third-order valence-electron chi connectivity index (χ3n) is 4.39. The van der Waals surface area contributed by atoms with Crippen LogP contribution in [0.3, 0.4) is 0 Å². The summed E-state index contributed by atoms with van der Waals surface area (Å²) in [5.41, 5.74) is 7.98. The zero-order valence-corrected chi connectivity index (χ0v) is 13.9. The van der Waals surface area contributed by atoms with Crippen LogP contribution in [0.15, 0.2) is 103 Å². The first-order chi connectivity index (χ1) is 12.3. The lowest BCUT2D eigenvalue weighted by molar-refractivity contribution is 1.58. The Morgan fingerprint density at radius 1 is 0.360 bits per heavy atom. The van der Waals surface area contributed by atoms with Crippen LogP contribution in [0.5, 0.6) is 0 Å². The van der Waals surface area contributed by atoms with Gasteiger partial charge in [0.1, 0.15) is 7.85 Å². The zero-order valence-electron chi connectivity index (χ0n) is 13.9. The second kappa shape index (κ2) is 6.82. The lowest BCUT2D eigenvalue weighted by atomic mass is 9.91. The number of rotatable bonds is 3. The molecule has 25 heavy (non-hydrogen) atoms. The van der Waals surface area contributed by atoms with E-state index in [0.29, 0.717) is 0 Å². The van der Waals surface area contributed by atoms with Crippen LogP contribution in [0.1, 0.15) is 0 Å². The van der Waals surface area contributed by atoms with Gasteiger partial charge in [-0.15, -0.1) is 0 Å². The zero-order chi connectivity index (χ0) is 17.1. The molecular formula is C24H17B. The Morgan fingerprint density at radius 3 is 1.28 bits per heavy atom. The fraction of sp³-hybridized carbons (Fsp3) is 0. The molecule has 1 heteroatoms. The van der Waals surface area contributed by atoms with Gasteiger partial charge in [0.25, 0.3) is 0 Å². The normalized spacial score (nSPS) is 10.6. The van der Waals surface area contributed by atoms with Crippen LogP contribution >= 0.6 is 0 Å². The highest BCUT2D eigenvalue weighted by molar-refractivity contribution is 6.32. The monoisotopic (exact) mass is 316 g/mol. The van der Waals surface area contributed by atoms with Crippen molar-refractivity contribution in [3.63, 3.8) is 0 Å². The van der Waals surface area contributed by atoms with Gasteiger partial charge in [0.05, 0.1) is 0 Å². The summed E-state index contributed by atoms with van der Waals surface area (Å²) in [5, 5.41) is 0. The van der Waals surface area contributed by atoms with Crippen LogP contribution in [0.4, 0.5) is 0 Å². The highest BCUT2D eigenvalue weighted by Crippen LogP contribution is 2.29. The predicted molar refractivity (Wildman–Crippen MR) is 108 cm³/mol. The van der Waals surface area contributed by atoms with Gasteiger partial charge < -0.3 is 0 Å². The van der Waals surface area contributed by atoms with Crippen molar-refractivity contribution in [3.8, 4) is 33.4 Å². The van der Waals surface area contributed by atoms with E-state index < -0.39 is 0 Å². The highest BCUT2D eigenvalue weighted by Gasteiger charge is 2.04. The van der Waals surface area contributed by atoms with Crippen LogP contribution in [0, 0.1) is 0 Å². The molecule has 0 fully saturated rings. The van der Waals surface area contributed by atoms with Crippen molar-refractivity contribution in [2.45, 2.75) is 0 Å². The molecular weight excluding hydrogens is 299 g/mol. The van der Waals surface area contributed by atoms with Gasteiger partial charge in [-0.1, -0.05) is 96.5 Å². The number of hydrogen-bond donors (Lipinski definition) is 0. The number of hydrogen-bond acceptors (Lipinski definition) is 0. The molecule has 0 bridgehead atoms. The molecule has 0 amide bonds. The second-order valence-electron chi connectivity index (χ2n) is 6.15. The molecule has 0 aliphatic heterocycles. The van der Waals surface area contributed by atoms with Gasteiger partial charge in [-0.25, -0.2) is 0 Å². The molecule has 0 N–H and O–H groups in total. The molecule has 0 aliphatic carbocycles. The first kappa shape index (κ1) is 15.5. The summed E-state index contributed by atoms with van der Waals surface area (Å²) in [5.74, 6) is 0. The molecule has 0 spiro atoms. The van der Waals surface area contributed by atoms with E-state index in [2.05, 4.69) is 78.9 Å². The van der Waals surface area contributed by atoms with Crippen LogP contribution < -0.4 is 5.46 Å². The quantitative estimate of drug-likeness (QED) is 0.439. The average molecular weight is 316 g/mol. The molecule has 4 rings (SSSR count). The molecule has 116 valence electrons. The van der Waals surface area contributed by atoms with Crippen LogP contribution in [-0.2, 0) is 0 Å². The molecule has 4 aromatic carbocycles. The Labute approximate surface area is 150 Å². The van der Waals surface area contributed by atoms with Gasteiger partial charge in [-0.2, -0.15) is 0 Å². The number of benzene rings is 4. The Morgan fingerprint density at radius 2 is 0.760 bits per heavy atom. The molecule has 0 saturated carbocycles. The molecule has 0 heterocycles. The lowest BCUT2D eigenvalue weighted by Gasteiger charge is -2.09. The maximum Gasteiger partial charge on any atom is 0.113 e. The maximum absolute atomic E-state index is 5.93. The molecule has 2 radical (unpaired) electrons. The summed E-state index contributed by atoms with van der Waals surface area (Å²) in [4.78, 5) is 0. The van der Waals surface area contributed by atoms with E-state index in [-0.39, 0.29) is 0 Å². The van der Waals surface area contributed by atoms with Crippen molar-refractivity contribution >= 4 is 13.3 Å². The third kappa shape index (κ3) is 3.41. The predicted octanol–water partition coefficient (Wildman–Crippen LogP) is 5.48. The summed E-state index contributed by atoms with van der Waals surface area (Å²) in [6, 6.07) is 35.8. The van der Waals surface area contributed by atoms with E-state index in [1.54, 1.807) is 0 Å². The summed E-state index contributed by atoms with van der Waals surface area (Å²) in [6.07, 6.45) is 0. The van der Waals surface area contributed by atoms with Gasteiger partial charge in [0.15, 0.2) is 0 Å². The first-order valence-corrected chi connectivity index (χ1v) is 8.41. The van der Waals surface area contributed by atoms with E-state index in [4.69, 9.17) is 7.85 Å². The largest absolute Gasteiger partial charge is 0.113 e. The van der Waals surface area contributed by atoms with Gasteiger partial charge in [0, 0.05) is 0 Å². The summed E-state index contributed by atoms with van der Waals surface area (Å²) >= 11 is 0. The fourth-order valence-electron chi connectivity index (χ4n) is 3.11. The molecule has 0 nitrogen and oxygen atoms in total. The van der Waals surface area contributed by atoms with Gasteiger partial charge in [-0.3, -0.25) is 0 Å². The van der Waals surface area contributed by atoms with Gasteiger partial charge >= 0.3 is 0 Å². The Hall–Kier alpha value is -3.06. The molecule has 4 aromatic rings. The average Bonchev–Trinajstić information content (AvgIpc) is 2.69. The molecule has 0 saturated heterocycles. The van der Waals surface area contributed by atoms with E-state index in [1.807, 2.05) is 24.3 Å². The Kier molecular flexibility index (Phi) is 4.22. The second-order valence-corrected chi connectivity index (χ2v) is 6.15. The topological polar surface area (TPSA) is 0 Å². The molecule has 0 aliphatic rings. The summed E-state index contributed by atoms with van der Waals surface area (Å²) in [6.45, 7) is 0. The van der Waals surface area contributed by atoms with Gasteiger partial charge in [-0.05, 0) is 45.5 Å². The highest BCUT2D eigenvalue weighted by atomic mass is 14.1. The van der Waals surface area contributed by atoms with Crippen molar-refractivity contribution in [1.29, 1.82) is 0 Å². The maximum atomic E-state index is 5.93. The summed E-state index contributed by atoms with van der Waals surface area (Å²) in [7, 11) is 5.93. The smallest absolute Gasteiger partial charge is 0.0961 e. The van der Waals surface area contributed by atoms with Crippen LogP contribution in [0.2, 0.25) is 0 Å². The van der Waals surface area contributed by atoms with E-state index in [0.717, 1.165) is 11.0 Å². The third-order valence-corrected chi connectivity index (χ3v) is 4.39. The summed E-state index contributed by atoms with van der Waals surface area (Å²) < 4.78 is 0. The van der Waals surface area contributed by atoms with E-state index in [9.17, 15) is 0 Å². The molecule has 0 unspecified atom stereocenters. The van der Waals surface area contributed by atoms with E-state index in [1.165, 1.54) is 27.8 Å². The van der Waals surface area contributed by atoms with Crippen molar-refractivity contribution in [3.05, 3.63) is 103 Å². The van der Waals surface area contributed by atoms with Gasteiger partial charge in [0.2, 0.25) is 0 Å². The fourth-order valence-corrected chi connectivity index (χ4v) is 3.11. The van der Waals surface area contributed by atoms with E-state index >= 15 is 0 Å². The van der Waals surface area contributed by atoms with Crippen molar-refractivity contribution < 1.29 is 0 Å². The minimum Gasteiger partial charge on any atom is -0.0961 e. The van der Waals surface area contributed by atoms with Crippen molar-refractivity contribution in [2.24, 2.45) is 0 Å². The Balaban J connectivity index is 1.75. The molecule has 0 aromatic heterocycles. The van der Waals surface area contributed by atoms with Crippen molar-refractivity contribution in [2.75, 3.05) is 0 Å². The molecule has 0 atom stereocenters. The Bertz CT molecular complexity index is 1000. The van der Waals surface area contributed by atoms with Crippen molar-refractivity contribution in [1.82, 2.24) is 0 Å². The lowest BCUT2D eigenvalue weighted by Crippen LogP contribution is -2.00. The minimum absolute atomic E-state index is 0.786. The standard InChI is InChI=1S/C24H17B/c25-24-14-6-13-23(17-24)22-12-5-11-21(16-22)20-10-4-9-19(15-20)18-7-2-1-3-8-18/h1-17H. The minimum atomic E-state index is 0.786. The van der Waals surface area contributed by atoms with Crippen LogP contribution in [0.25, 0.3) is 33.4 Å².